The number of hydrogen-bond donors (Lipinski definition) is 0. The third kappa shape index (κ3) is 3.40. The third-order valence-corrected chi connectivity index (χ3v) is 6.55. The minimum absolute atomic E-state index is 0.311. The van der Waals surface area contributed by atoms with Crippen LogP contribution in [0.2, 0.25) is 0 Å². The normalized spacial score (nSPS) is 16.4. The Kier molecular flexibility index (Phi) is 4.67. The molecule has 1 aromatic carbocycles. The molecule has 1 fully saturated rings. The molecular formula is C15H19N3O3S2. The molecule has 0 atom stereocenters. The summed E-state index contributed by atoms with van der Waals surface area (Å²) in [4.78, 5) is 6.79. The van der Waals surface area contributed by atoms with Crippen LogP contribution in [-0.2, 0) is 14.8 Å². The molecule has 1 aromatic heterocycles. The first-order valence-corrected chi connectivity index (χ1v) is 9.61. The average molecular weight is 353 g/mol. The highest BCUT2D eigenvalue weighted by Crippen LogP contribution is 2.27. The van der Waals surface area contributed by atoms with Crippen LogP contribution < -0.4 is 4.90 Å². The first-order valence-electron chi connectivity index (χ1n) is 7.29. The molecule has 0 bridgehead atoms. The number of anilines is 1. The molecule has 0 unspecified atom stereocenters. The highest BCUT2D eigenvalue weighted by Gasteiger charge is 2.26. The maximum atomic E-state index is 12.6. The first-order chi connectivity index (χ1) is 11.0. The van der Waals surface area contributed by atoms with Gasteiger partial charge in [-0.1, -0.05) is 12.1 Å². The van der Waals surface area contributed by atoms with Crippen molar-refractivity contribution in [1.29, 1.82) is 0 Å². The van der Waals surface area contributed by atoms with Crippen LogP contribution in [0, 0.1) is 0 Å². The highest BCUT2D eigenvalue weighted by atomic mass is 32.2. The number of ether oxygens (including phenoxy) is 1. The van der Waals surface area contributed by atoms with E-state index in [1.807, 2.05) is 36.5 Å². The van der Waals surface area contributed by atoms with Crippen LogP contribution >= 0.6 is 11.3 Å². The van der Waals surface area contributed by atoms with E-state index in [-0.39, 0.29) is 0 Å². The van der Waals surface area contributed by atoms with Crippen molar-refractivity contribution in [2.45, 2.75) is 4.90 Å². The molecule has 0 spiro atoms. The Labute approximate surface area is 140 Å². The number of nitrogens with zero attached hydrogens (tertiary/aromatic N) is 3. The minimum Gasteiger partial charge on any atom is -0.379 e. The number of hydrogen-bond acceptors (Lipinski definition) is 6. The molecular weight excluding hydrogens is 334 g/mol. The van der Waals surface area contributed by atoms with Gasteiger partial charge in [0.25, 0.3) is 0 Å². The van der Waals surface area contributed by atoms with E-state index in [1.165, 1.54) is 4.31 Å². The van der Waals surface area contributed by atoms with Gasteiger partial charge in [0.05, 0.1) is 23.8 Å². The van der Waals surface area contributed by atoms with Crippen molar-refractivity contribution in [2.75, 3.05) is 45.3 Å². The van der Waals surface area contributed by atoms with E-state index in [9.17, 15) is 8.42 Å². The Bertz CT molecular complexity index is 764. The molecule has 124 valence electrons. The molecule has 1 aliphatic heterocycles. The molecule has 2 heterocycles. The second kappa shape index (κ2) is 6.56. The van der Waals surface area contributed by atoms with Crippen LogP contribution in [0.3, 0.4) is 0 Å². The van der Waals surface area contributed by atoms with Gasteiger partial charge in [0.2, 0.25) is 10.0 Å². The maximum Gasteiger partial charge on any atom is 0.243 e. The molecule has 1 aliphatic rings. The summed E-state index contributed by atoms with van der Waals surface area (Å²) in [7, 11) is 0.448. The Morgan fingerprint density at radius 3 is 2.39 bits per heavy atom. The fourth-order valence-corrected chi connectivity index (χ4v) is 4.51. The van der Waals surface area contributed by atoms with Crippen molar-refractivity contribution in [3.05, 3.63) is 29.6 Å². The molecule has 0 saturated carbocycles. The lowest BCUT2D eigenvalue weighted by Crippen LogP contribution is -2.40. The van der Waals surface area contributed by atoms with Gasteiger partial charge in [-0.3, -0.25) is 0 Å². The predicted octanol–water partition coefficient (Wildman–Crippen LogP) is 1.90. The van der Waals surface area contributed by atoms with Gasteiger partial charge in [0.15, 0.2) is 5.13 Å². The van der Waals surface area contributed by atoms with Gasteiger partial charge in [-0.15, -0.1) is 11.3 Å². The van der Waals surface area contributed by atoms with Crippen molar-refractivity contribution >= 4 is 26.5 Å². The van der Waals surface area contributed by atoms with E-state index in [0.29, 0.717) is 31.2 Å². The third-order valence-electron chi connectivity index (χ3n) is 3.63. The molecule has 0 amide bonds. The van der Waals surface area contributed by atoms with Gasteiger partial charge < -0.3 is 9.64 Å². The molecule has 3 rings (SSSR count). The number of rotatable bonds is 4. The Balaban J connectivity index is 1.83. The summed E-state index contributed by atoms with van der Waals surface area (Å²) < 4.78 is 31.8. The molecule has 6 nitrogen and oxygen atoms in total. The van der Waals surface area contributed by atoms with Crippen LogP contribution in [0.1, 0.15) is 0 Å². The van der Waals surface area contributed by atoms with Crippen molar-refractivity contribution < 1.29 is 13.2 Å². The minimum atomic E-state index is -3.44. The van der Waals surface area contributed by atoms with Crippen molar-refractivity contribution in [3.8, 4) is 11.3 Å². The monoisotopic (exact) mass is 353 g/mol. The zero-order valence-corrected chi connectivity index (χ0v) is 14.7. The van der Waals surface area contributed by atoms with E-state index in [4.69, 9.17) is 4.74 Å². The topological polar surface area (TPSA) is 62.7 Å². The highest BCUT2D eigenvalue weighted by molar-refractivity contribution is 7.89. The fourth-order valence-electron chi connectivity index (χ4n) is 2.34. The molecule has 8 heteroatoms. The molecule has 0 radical (unpaired) electrons. The summed E-state index contributed by atoms with van der Waals surface area (Å²) in [5, 5.41) is 2.89. The Hall–Kier alpha value is -1.48. The molecule has 0 N–H and O–H groups in total. The zero-order valence-electron chi connectivity index (χ0n) is 13.1. The number of sulfonamides is 1. The number of benzene rings is 1. The van der Waals surface area contributed by atoms with Gasteiger partial charge in [0, 0.05) is 38.1 Å². The summed E-state index contributed by atoms with van der Waals surface area (Å²) in [6.07, 6.45) is 0. The number of morpholine rings is 1. The summed E-state index contributed by atoms with van der Waals surface area (Å²) in [5.74, 6) is 0. The maximum absolute atomic E-state index is 12.6. The van der Waals surface area contributed by atoms with Gasteiger partial charge >= 0.3 is 0 Å². The zero-order chi connectivity index (χ0) is 16.4. The Morgan fingerprint density at radius 1 is 1.17 bits per heavy atom. The van der Waals surface area contributed by atoms with Crippen LogP contribution in [0.25, 0.3) is 11.3 Å². The van der Waals surface area contributed by atoms with Crippen LogP contribution in [-0.4, -0.2) is 58.1 Å². The van der Waals surface area contributed by atoms with Crippen LogP contribution in [0.5, 0.6) is 0 Å². The largest absolute Gasteiger partial charge is 0.379 e. The molecule has 2 aromatic rings. The summed E-state index contributed by atoms with van der Waals surface area (Å²) in [6.45, 7) is 1.71. The lowest BCUT2D eigenvalue weighted by atomic mass is 10.2. The fraction of sp³-hybridized carbons (Fsp3) is 0.400. The predicted molar refractivity (Wildman–Crippen MR) is 91.5 cm³/mol. The number of thiazole rings is 1. The summed E-state index contributed by atoms with van der Waals surface area (Å²) in [5.41, 5.74) is 1.77. The number of aromatic nitrogens is 1. The SMILES string of the molecule is CN(C)c1nc(-c2ccc(S(=O)(=O)N3CCOCC3)cc2)cs1. The summed E-state index contributed by atoms with van der Waals surface area (Å²) in [6, 6.07) is 6.91. The summed E-state index contributed by atoms with van der Waals surface area (Å²) >= 11 is 1.56. The molecule has 0 aliphatic carbocycles. The van der Waals surface area contributed by atoms with Gasteiger partial charge in [-0.25, -0.2) is 13.4 Å². The second-order valence-electron chi connectivity index (χ2n) is 5.45. The standard InChI is InChI=1S/C15H19N3O3S2/c1-17(2)15-16-14(11-22-15)12-3-5-13(6-4-12)23(19,20)18-7-9-21-10-8-18/h3-6,11H,7-10H2,1-2H3. The van der Waals surface area contributed by atoms with E-state index >= 15 is 0 Å². The Morgan fingerprint density at radius 2 is 1.83 bits per heavy atom. The quantitative estimate of drug-likeness (QED) is 0.840. The van der Waals surface area contributed by atoms with Crippen molar-refractivity contribution in [1.82, 2.24) is 9.29 Å². The van der Waals surface area contributed by atoms with Gasteiger partial charge in [-0.05, 0) is 12.1 Å². The lowest BCUT2D eigenvalue weighted by Gasteiger charge is -2.26. The van der Waals surface area contributed by atoms with E-state index in [2.05, 4.69) is 4.98 Å². The van der Waals surface area contributed by atoms with E-state index in [1.54, 1.807) is 23.5 Å². The van der Waals surface area contributed by atoms with Crippen LogP contribution in [0.15, 0.2) is 34.5 Å². The second-order valence-corrected chi connectivity index (χ2v) is 8.23. The molecule has 1 saturated heterocycles. The average Bonchev–Trinajstić information content (AvgIpc) is 3.06. The van der Waals surface area contributed by atoms with Gasteiger partial charge in [0.1, 0.15) is 0 Å². The lowest BCUT2D eigenvalue weighted by molar-refractivity contribution is 0.0730. The van der Waals surface area contributed by atoms with E-state index in [0.717, 1.165) is 16.4 Å². The van der Waals surface area contributed by atoms with Crippen molar-refractivity contribution in [2.24, 2.45) is 0 Å². The van der Waals surface area contributed by atoms with Gasteiger partial charge in [-0.2, -0.15) is 4.31 Å². The van der Waals surface area contributed by atoms with E-state index < -0.39 is 10.0 Å². The first kappa shape index (κ1) is 16.4. The van der Waals surface area contributed by atoms with Crippen LogP contribution in [0.4, 0.5) is 5.13 Å². The smallest absolute Gasteiger partial charge is 0.243 e. The molecule has 23 heavy (non-hydrogen) atoms. The van der Waals surface area contributed by atoms with Crippen molar-refractivity contribution in [3.63, 3.8) is 0 Å².